The van der Waals surface area contributed by atoms with Gasteiger partial charge in [-0.25, -0.2) is 0 Å². The zero-order chi connectivity index (χ0) is 23.3. The summed E-state index contributed by atoms with van der Waals surface area (Å²) >= 11 is 0. The van der Waals surface area contributed by atoms with Crippen molar-refractivity contribution in [3.8, 4) is 0 Å². The minimum atomic E-state index is -0.165. The number of hydrogen-bond donors (Lipinski definition) is 1. The van der Waals surface area contributed by atoms with E-state index in [2.05, 4.69) is 48.1 Å². The maximum Gasteiger partial charge on any atom is 0.138 e. The molecule has 1 N–H and O–H groups in total. The molecule has 0 aromatic heterocycles. The van der Waals surface area contributed by atoms with Crippen molar-refractivity contribution in [2.75, 3.05) is 6.61 Å². The Kier molecular flexibility index (Phi) is 5.03. The number of aliphatic hydroxyl groups excluding tert-OH is 1. The Morgan fingerprint density at radius 1 is 0.906 bits per heavy atom. The fourth-order valence-corrected chi connectivity index (χ4v) is 11.4. The average molecular weight is 441 g/mol. The van der Waals surface area contributed by atoms with Crippen molar-refractivity contribution in [1.29, 1.82) is 0 Å². The molecule has 5 aliphatic rings. The summed E-state index contributed by atoms with van der Waals surface area (Å²) in [5.74, 6) is 3.65. The number of allylic oxidation sites excluding steroid dienone is 1. The summed E-state index contributed by atoms with van der Waals surface area (Å²) < 4.78 is 0. The van der Waals surface area contributed by atoms with E-state index in [1.807, 2.05) is 0 Å². The van der Waals surface area contributed by atoms with Gasteiger partial charge in [0.1, 0.15) is 5.78 Å². The molecule has 32 heavy (non-hydrogen) atoms. The average Bonchev–Trinajstić information content (AvgIpc) is 3.12. The molecule has 0 aromatic carbocycles. The van der Waals surface area contributed by atoms with Crippen molar-refractivity contribution in [3.05, 3.63) is 12.2 Å². The molecule has 0 amide bonds. The van der Waals surface area contributed by atoms with E-state index < -0.39 is 0 Å². The van der Waals surface area contributed by atoms with Gasteiger partial charge in [0, 0.05) is 18.4 Å². The van der Waals surface area contributed by atoms with Crippen LogP contribution in [0.15, 0.2) is 12.2 Å². The van der Waals surface area contributed by atoms with Crippen molar-refractivity contribution < 1.29 is 9.90 Å². The Hall–Kier alpha value is -0.630. The van der Waals surface area contributed by atoms with Crippen molar-refractivity contribution in [3.63, 3.8) is 0 Å². The van der Waals surface area contributed by atoms with Gasteiger partial charge in [0.25, 0.3) is 0 Å². The first-order chi connectivity index (χ1) is 14.9. The molecule has 0 spiro atoms. The molecule has 0 radical (unpaired) electrons. The van der Waals surface area contributed by atoms with Crippen LogP contribution in [-0.2, 0) is 4.79 Å². The van der Waals surface area contributed by atoms with Crippen LogP contribution in [-0.4, -0.2) is 17.5 Å². The van der Waals surface area contributed by atoms with Crippen LogP contribution in [0.4, 0.5) is 0 Å². The van der Waals surface area contributed by atoms with Crippen LogP contribution in [0.3, 0.4) is 0 Å². The largest absolute Gasteiger partial charge is 0.396 e. The quantitative estimate of drug-likeness (QED) is 0.461. The zero-order valence-corrected chi connectivity index (χ0v) is 21.7. The molecule has 5 saturated carbocycles. The number of Topliss-reactive ketones (excluding diaryl/α,β-unsaturated/α-hetero) is 1. The second kappa shape index (κ2) is 6.96. The molecule has 0 aliphatic heterocycles. The minimum Gasteiger partial charge on any atom is -0.396 e. The Labute approximate surface area is 197 Å². The van der Waals surface area contributed by atoms with Crippen molar-refractivity contribution in [2.24, 2.45) is 56.7 Å². The number of carbonyl (C=O) groups is 1. The minimum absolute atomic E-state index is 0.136. The molecular weight excluding hydrogens is 392 g/mol. The van der Waals surface area contributed by atoms with E-state index in [9.17, 15) is 9.90 Å². The number of aliphatic hydroxyl groups is 1. The van der Waals surface area contributed by atoms with Gasteiger partial charge in [0.2, 0.25) is 0 Å². The Morgan fingerprint density at radius 3 is 2.28 bits per heavy atom. The second-order valence-corrected chi connectivity index (χ2v) is 14.4. The number of ketones is 1. The van der Waals surface area contributed by atoms with E-state index in [0.29, 0.717) is 52.8 Å². The van der Waals surface area contributed by atoms with E-state index in [1.165, 1.54) is 56.9 Å². The maximum atomic E-state index is 12.9. The van der Waals surface area contributed by atoms with Crippen LogP contribution in [0, 0.1) is 56.7 Å². The lowest BCUT2D eigenvalue weighted by atomic mass is 9.32. The number of carbonyl (C=O) groups excluding carboxylic acids is 1. The van der Waals surface area contributed by atoms with Crippen LogP contribution in [0.25, 0.3) is 0 Å². The van der Waals surface area contributed by atoms with E-state index in [1.54, 1.807) is 0 Å². The molecular formula is C30H48O2. The third-order valence-corrected chi connectivity index (χ3v) is 13.3. The van der Waals surface area contributed by atoms with Gasteiger partial charge in [-0.05, 0) is 116 Å². The van der Waals surface area contributed by atoms with Gasteiger partial charge in [-0.2, -0.15) is 0 Å². The SMILES string of the molecule is C=C(C)C1CC[C@]2(CO)CC[C@@]3(C)C(CCC4[C@@]5(C)CCC(=O)C(C)(C)C5CC[C@]43C)C12. The highest BCUT2D eigenvalue weighted by Crippen LogP contribution is 2.77. The lowest BCUT2D eigenvalue weighted by Gasteiger charge is -2.72. The molecule has 9 atom stereocenters. The summed E-state index contributed by atoms with van der Waals surface area (Å²) in [6.45, 7) is 19.4. The summed E-state index contributed by atoms with van der Waals surface area (Å²) in [4.78, 5) is 12.9. The molecule has 0 aromatic rings. The van der Waals surface area contributed by atoms with E-state index in [0.717, 1.165) is 12.8 Å². The molecule has 180 valence electrons. The van der Waals surface area contributed by atoms with Crippen molar-refractivity contribution >= 4 is 5.78 Å². The molecule has 0 bridgehead atoms. The van der Waals surface area contributed by atoms with Gasteiger partial charge in [-0.1, -0.05) is 46.8 Å². The Morgan fingerprint density at radius 2 is 1.62 bits per heavy atom. The predicted molar refractivity (Wildman–Crippen MR) is 131 cm³/mol. The fourth-order valence-electron chi connectivity index (χ4n) is 11.4. The summed E-state index contributed by atoms with van der Waals surface area (Å²) in [5.41, 5.74) is 2.27. The molecule has 0 saturated heterocycles. The first-order valence-electron chi connectivity index (χ1n) is 13.7. The van der Waals surface area contributed by atoms with Gasteiger partial charge < -0.3 is 5.11 Å². The summed E-state index contributed by atoms with van der Waals surface area (Å²) in [5, 5.41) is 10.6. The number of hydrogen-bond acceptors (Lipinski definition) is 2. The van der Waals surface area contributed by atoms with E-state index in [4.69, 9.17) is 0 Å². The van der Waals surface area contributed by atoms with Crippen molar-refractivity contribution in [2.45, 2.75) is 106 Å². The van der Waals surface area contributed by atoms with Crippen LogP contribution in [0.1, 0.15) is 106 Å². The maximum absolute atomic E-state index is 12.9. The second-order valence-electron chi connectivity index (χ2n) is 14.4. The first-order valence-corrected chi connectivity index (χ1v) is 13.7. The molecule has 2 heteroatoms. The van der Waals surface area contributed by atoms with Crippen LogP contribution >= 0.6 is 0 Å². The fraction of sp³-hybridized carbons (Fsp3) is 0.900. The molecule has 0 heterocycles. The van der Waals surface area contributed by atoms with Gasteiger partial charge in [0.05, 0.1) is 0 Å². The normalized spacial score (nSPS) is 54.2. The highest BCUT2D eigenvalue weighted by Gasteiger charge is 2.70. The molecule has 5 rings (SSSR count). The van der Waals surface area contributed by atoms with Gasteiger partial charge >= 0.3 is 0 Å². The standard InChI is InChI=1S/C30H48O2/c1-19(2)20-10-15-30(18-31)17-16-28(6)21(25(20)30)8-9-23-27(5)13-12-24(32)26(3,4)22(27)11-14-29(23,28)7/h20-23,25,31H,1,8-18H2,2-7H3/t20?,21?,22?,23?,25?,27-,28-,29+,30+/m0/s1. The van der Waals surface area contributed by atoms with E-state index >= 15 is 0 Å². The van der Waals surface area contributed by atoms with Gasteiger partial charge in [-0.15, -0.1) is 0 Å². The Balaban J connectivity index is 1.56. The summed E-state index contributed by atoms with van der Waals surface area (Å²) in [6.07, 6.45) is 11.9. The van der Waals surface area contributed by atoms with Gasteiger partial charge in [-0.3, -0.25) is 4.79 Å². The monoisotopic (exact) mass is 440 g/mol. The van der Waals surface area contributed by atoms with Crippen LogP contribution < -0.4 is 0 Å². The predicted octanol–water partition coefficient (Wildman–Crippen LogP) is 7.21. The van der Waals surface area contributed by atoms with Crippen LogP contribution in [0.2, 0.25) is 0 Å². The Bertz CT molecular complexity index is 827. The third kappa shape index (κ3) is 2.60. The summed E-state index contributed by atoms with van der Waals surface area (Å²) in [6, 6.07) is 0. The third-order valence-electron chi connectivity index (χ3n) is 13.3. The smallest absolute Gasteiger partial charge is 0.138 e. The first kappa shape index (κ1) is 23.1. The molecule has 5 fully saturated rings. The molecule has 5 unspecified atom stereocenters. The topological polar surface area (TPSA) is 37.3 Å². The lowest BCUT2D eigenvalue weighted by molar-refractivity contribution is -0.236. The van der Waals surface area contributed by atoms with E-state index in [-0.39, 0.29) is 16.2 Å². The number of fused-ring (bicyclic) bond motifs is 7. The molecule has 5 aliphatic carbocycles. The molecule has 2 nitrogen and oxygen atoms in total. The summed E-state index contributed by atoms with van der Waals surface area (Å²) in [7, 11) is 0. The lowest BCUT2D eigenvalue weighted by Crippen LogP contribution is -2.66. The van der Waals surface area contributed by atoms with Crippen LogP contribution in [0.5, 0.6) is 0 Å². The van der Waals surface area contributed by atoms with Crippen molar-refractivity contribution in [1.82, 2.24) is 0 Å². The highest BCUT2D eigenvalue weighted by atomic mass is 16.3. The highest BCUT2D eigenvalue weighted by molar-refractivity contribution is 5.85. The van der Waals surface area contributed by atoms with Gasteiger partial charge in [0.15, 0.2) is 0 Å². The number of rotatable bonds is 2. The zero-order valence-electron chi connectivity index (χ0n) is 21.7.